The number of aryl methyl sites for hydroxylation is 1. The molecular weight excluding hydrogens is 386 g/mol. The molecule has 0 aromatic carbocycles. The van der Waals surface area contributed by atoms with E-state index in [4.69, 9.17) is 12.2 Å². The van der Waals surface area contributed by atoms with Crippen LogP contribution >= 0.6 is 23.6 Å². The summed E-state index contributed by atoms with van der Waals surface area (Å²) in [6, 6.07) is 8.47. The molecule has 1 fully saturated rings. The highest BCUT2D eigenvalue weighted by molar-refractivity contribution is 7.80. The highest BCUT2D eigenvalue weighted by atomic mass is 32.1. The molecule has 2 atom stereocenters. The van der Waals surface area contributed by atoms with Crippen LogP contribution < -0.4 is 5.32 Å². The zero-order valence-corrected chi connectivity index (χ0v) is 18.2. The summed E-state index contributed by atoms with van der Waals surface area (Å²) >= 11 is 7.40. The topological polar surface area (TPSA) is 46.0 Å². The maximum atomic E-state index is 5.75. The van der Waals surface area contributed by atoms with Crippen LogP contribution in [-0.4, -0.2) is 31.1 Å². The minimum atomic E-state index is 0.0256. The lowest BCUT2D eigenvalue weighted by Crippen LogP contribution is -2.33. The van der Waals surface area contributed by atoms with Crippen molar-refractivity contribution in [2.75, 3.05) is 6.54 Å². The van der Waals surface area contributed by atoms with Crippen molar-refractivity contribution in [1.82, 2.24) is 24.8 Å². The summed E-state index contributed by atoms with van der Waals surface area (Å²) in [5.41, 5.74) is 4.68. The minimum absolute atomic E-state index is 0.0256. The van der Waals surface area contributed by atoms with Gasteiger partial charge in [-0.25, -0.2) is 4.98 Å². The molecule has 7 heteroatoms. The van der Waals surface area contributed by atoms with Gasteiger partial charge in [-0.1, -0.05) is 19.9 Å². The first-order valence-electron chi connectivity index (χ1n) is 9.54. The zero-order valence-electron chi connectivity index (χ0n) is 16.6. The molecule has 3 aromatic rings. The van der Waals surface area contributed by atoms with E-state index in [0.717, 1.165) is 22.5 Å². The third-order valence-corrected chi connectivity index (χ3v) is 6.27. The van der Waals surface area contributed by atoms with Crippen molar-refractivity contribution in [3.63, 3.8) is 0 Å². The molecule has 0 saturated carbocycles. The van der Waals surface area contributed by atoms with E-state index in [1.165, 1.54) is 17.0 Å². The third-order valence-electron chi connectivity index (χ3n) is 5.16. The SMILES string of the molecule is Cc1cc([C@H]2[C@@H](c3ccccn3)NC(=S)N2CC(C)C)c(C)n1-c1nccs1. The van der Waals surface area contributed by atoms with Crippen LogP contribution in [0, 0.1) is 19.8 Å². The van der Waals surface area contributed by atoms with Crippen LogP contribution in [-0.2, 0) is 0 Å². The highest BCUT2D eigenvalue weighted by Gasteiger charge is 2.41. The van der Waals surface area contributed by atoms with Crippen molar-refractivity contribution in [3.8, 4) is 5.13 Å². The van der Waals surface area contributed by atoms with Crippen molar-refractivity contribution in [2.45, 2.75) is 39.8 Å². The van der Waals surface area contributed by atoms with Gasteiger partial charge in [-0.15, -0.1) is 11.3 Å². The summed E-state index contributed by atoms with van der Waals surface area (Å²) in [6.07, 6.45) is 3.70. The Bertz CT molecular complexity index is 962. The lowest BCUT2D eigenvalue weighted by atomic mass is 9.96. The van der Waals surface area contributed by atoms with Crippen LogP contribution in [0.2, 0.25) is 0 Å². The molecule has 0 unspecified atom stereocenters. The number of thiocarbonyl (C=S) groups is 1. The average molecular weight is 412 g/mol. The lowest BCUT2D eigenvalue weighted by molar-refractivity contribution is 0.287. The van der Waals surface area contributed by atoms with Gasteiger partial charge in [-0.05, 0) is 55.7 Å². The third kappa shape index (κ3) is 3.33. The molecule has 1 aliphatic rings. The van der Waals surface area contributed by atoms with Crippen molar-refractivity contribution in [3.05, 3.63) is 64.7 Å². The smallest absolute Gasteiger partial charge is 0.193 e. The number of rotatable bonds is 5. The monoisotopic (exact) mass is 411 g/mol. The fourth-order valence-corrected chi connectivity index (χ4v) is 5.11. The number of aromatic nitrogens is 3. The van der Waals surface area contributed by atoms with E-state index < -0.39 is 0 Å². The molecular formula is C21H25N5S2. The van der Waals surface area contributed by atoms with E-state index in [9.17, 15) is 0 Å². The van der Waals surface area contributed by atoms with Crippen molar-refractivity contribution in [1.29, 1.82) is 0 Å². The Kier molecular flexibility index (Phi) is 5.21. The summed E-state index contributed by atoms with van der Waals surface area (Å²) in [5, 5.41) is 7.35. The predicted molar refractivity (Wildman–Crippen MR) is 118 cm³/mol. The Morgan fingerprint density at radius 2 is 2.04 bits per heavy atom. The standard InChI is InChI=1S/C21H25N5S2/c1-13(2)12-25-19(18(24-20(25)27)17-7-5-6-8-22-17)16-11-14(3)26(15(16)4)21-23-9-10-28-21/h5-11,13,18-19H,12H2,1-4H3,(H,24,27)/t18-,19+/m1/s1. The number of nitrogens with one attached hydrogen (secondary N) is 1. The molecule has 5 nitrogen and oxygen atoms in total. The Balaban J connectivity index is 1.83. The minimum Gasteiger partial charge on any atom is -0.352 e. The summed E-state index contributed by atoms with van der Waals surface area (Å²) < 4.78 is 2.24. The fourth-order valence-electron chi connectivity index (χ4n) is 4.04. The molecule has 4 heterocycles. The first-order valence-corrected chi connectivity index (χ1v) is 10.8. The Hall–Kier alpha value is -2.25. The molecule has 146 valence electrons. The van der Waals surface area contributed by atoms with Gasteiger partial charge < -0.3 is 10.2 Å². The van der Waals surface area contributed by atoms with Crippen LogP contribution in [0.25, 0.3) is 5.13 Å². The number of thiazole rings is 1. The zero-order chi connectivity index (χ0) is 19.8. The van der Waals surface area contributed by atoms with Gasteiger partial charge in [0.2, 0.25) is 0 Å². The molecule has 1 aliphatic heterocycles. The number of hydrogen-bond acceptors (Lipinski definition) is 4. The Morgan fingerprint density at radius 3 is 2.68 bits per heavy atom. The largest absolute Gasteiger partial charge is 0.352 e. The second-order valence-electron chi connectivity index (χ2n) is 7.65. The summed E-state index contributed by atoms with van der Waals surface area (Å²) in [7, 11) is 0. The summed E-state index contributed by atoms with van der Waals surface area (Å²) in [5.74, 6) is 0.507. The van der Waals surface area contributed by atoms with Gasteiger partial charge >= 0.3 is 0 Å². The molecule has 1 saturated heterocycles. The summed E-state index contributed by atoms with van der Waals surface area (Å²) in [6.45, 7) is 9.68. The molecule has 28 heavy (non-hydrogen) atoms. The van der Waals surface area contributed by atoms with Gasteiger partial charge in [0.25, 0.3) is 0 Å². The normalized spacial score (nSPS) is 19.5. The van der Waals surface area contributed by atoms with E-state index >= 15 is 0 Å². The quantitative estimate of drug-likeness (QED) is 0.623. The van der Waals surface area contributed by atoms with Gasteiger partial charge in [-0.3, -0.25) is 9.55 Å². The van der Waals surface area contributed by atoms with Crippen LogP contribution in [0.4, 0.5) is 0 Å². The van der Waals surface area contributed by atoms with Crippen LogP contribution in [0.3, 0.4) is 0 Å². The average Bonchev–Trinajstić information content (AvgIpc) is 3.35. The number of hydrogen-bond donors (Lipinski definition) is 1. The molecule has 0 aliphatic carbocycles. The molecule has 0 spiro atoms. The molecule has 0 amide bonds. The first kappa shape index (κ1) is 19.1. The van der Waals surface area contributed by atoms with Gasteiger partial charge in [0, 0.05) is 35.7 Å². The second-order valence-corrected chi connectivity index (χ2v) is 8.91. The van der Waals surface area contributed by atoms with Crippen molar-refractivity contribution in [2.24, 2.45) is 5.92 Å². The van der Waals surface area contributed by atoms with Gasteiger partial charge in [0.1, 0.15) is 0 Å². The molecule has 0 bridgehead atoms. The van der Waals surface area contributed by atoms with Gasteiger partial charge in [0.05, 0.1) is 17.8 Å². The molecule has 0 radical (unpaired) electrons. The van der Waals surface area contributed by atoms with Gasteiger partial charge in [-0.2, -0.15) is 0 Å². The summed E-state index contributed by atoms with van der Waals surface area (Å²) in [4.78, 5) is 11.5. The first-order chi connectivity index (χ1) is 13.5. The van der Waals surface area contributed by atoms with Crippen molar-refractivity contribution >= 4 is 28.7 Å². The molecule has 1 N–H and O–H groups in total. The maximum Gasteiger partial charge on any atom is 0.193 e. The highest BCUT2D eigenvalue weighted by Crippen LogP contribution is 2.41. The van der Waals surface area contributed by atoms with Crippen LogP contribution in [0.1, 0.15) is 48.6 Å². The van der Waals surface area contributed by atoms with Gasteiger partial charge in [0.15, 0.2) is 10.2 Å². The van der Waals surface area contributed by atoms with E-state index in [1.807, 2.05) is 29.9 Å². The van der Waals surface area contributed by atoms with E-state index in [0.29, 0.717) is 5.92 Å². The predicted octanol–water partition coefficient (Wildman–Crippen LogP) is 4.57. The maximum absolute atomic E-state index is 5.75. The second kappa shape index (κ2) is 7.64. The lowest BCUT2D eigenvalue weighted by Gasteiger charge is -2.29. The van der Waals surface area contributed by atoms with Crippen LogP contribution in [0.15, 0.2) is 42.0 Å². The van der Waals surface area contributed by atoms with E-state index in [2.05, 4.69) is 64.6 Å². The van der Waals surface area contributed by atoms with E-state index in [-0.39, 0.29) is 12.1 Å². The fraction of sp³-hybridized carbons (Fsp3) is 0.381. The number of pyridine rings is 1. The number of nitrogens with zero attached hydrogens (tertiary/aromatic N) is 4. The Labute approximate surface area is 175 Å². The Morgan fingerprint density at radius 1 is 1.21 bits per heavy atom. The van der Waals surface area contributed by atoms with Crippen molar-refractivity contribution < 1.29 is 0 Å². The van der Waals surface area contributed by atoms with E-state index in [1.54, 1.807) is 11.3 Å². The molecule has 4 rings (SSSR count). The molecule has 3 aromatic heterocycles. The van der Waals surface area contributed by atoms with Crippen LogP contribution in [0.5, 0.6) is 0 Å².